The summed E-state index contributed by atoms with van der Waals surface area (Å²) >= 11 is 0. The van der Waals surface area contributed by atoms with Gasteiger partial charge in [0.1, 0.15) is 12.2 Å². The number of hydrogen-bond donors (Lipinski definition) is 0. The van der Waals surface area contributed by atoms with E-state index in [1.807, 2.05) is 6.07 Å². The standard InChI is InChI=1S/C23H42O6Si3/c1-8-15-24-22-20(26-22)17-30(3,4)28-32(7,19-13-11-10-12-14-19)29-31(5,6)18-21-23(27-21)25-16-9-2/h10-14,20-23H,8-9,15-18H2,1-7H3. The van der Waals surface area contributed by atoms with E-state index < -0.39 is 25.2 Å². The topological polar surface area (TPSA) is 62.0 Å². The molecular weight excluding hydrogens is 457 g/mol. The maximum atomic E-state index is 7.03. The Kier molecular flexibility index (Phi) is 8.95. The van der Waals surface area contributed by atoms with Crippen molar-refractivity contribution in [3.05, 3.63) is 30.3 Å². The molecule has 0 saturated carbocycles. The van der Waals surface area contributed by atoms with Crippen molar-refractivity contribution < 1.29 is 27.2 Å². The van der Waals surface area contributed by atoms with Crippen LogP contribution in [0.25, 0.3) is 0 Å². The third-order valence-corrected chi connectivity index (χ3v) is 17.4. The zero-order valence-corrected chi connectivity index (χ0v) is 23.9. The lowest BCUT2D eigenvalue weighted by molar-refractivity contribution is 0.0505. The first kappa shape index (κ1) is 26.2. The lowest BCUT2D eigenvalue weighted by atomic mass is 10.4. The number of ether oxygens (including phenoxy) is 4. The number of hydrogen-bond acceptors (Lipinski definition) is 6. The van der Waals surface area contributed by atoms with Crippen molar-refractivity contribution in [1.29, 1.82) is 0 Å². The fourth-order valence-electron chi connectivity index (χ4n) is 4.29. The minimum atomic E-state index is -2.64. The largest absolute Gasteiger partial charge is 0.433 e. The Morgan fingerprint density at radius 2 is 1.16 bits per heavy atom. The molecule has 0 N–H and O–H groups in total. The molecule has 0 spiro atoms. The SMILES string of the molecule is CCCOC1OC1C[Si](C)(C)O[Si](C)(O[Si](C)(C)CC1OC1OCCC)c1ccccc1. The average Bonchev–Trinajstić information content (AvgIpc) is 3.62. The van der Waals surface area contributed by atoms with Crippen LogP contribution in [0.5, 0.6) is 0 Å². The van der Waals surface area contributed by atoms with Crippen molar-refractivity contribution in [3.63, 3.8) is 0 Å². The van der Waals surface area contributed by atoms with Gasteiger partial charge < -0.3 is 27.2 Å². The zero-order chi connectivity index (χ0) is 23.4. The lowest BCUT2D eigenvalue weighted by Gasteiger charge is -2.40. The first-order valence-electron chi connectivity index (χ1n) is 12.1. The van der Waals surface area contributed by atoms with Gasteiger partial charge in [-0.3, -0.25) is 0 Å². The van der Waals surface area contributed by atoms with Crippen LogP contribution in [0.4, 0.5) is 0 Å². The zero-order valence-electron chi connectivity index (χ0n) is 20.9. The summed E-state index contributed by atoms with van der Waals surface area (Å²) in [7, 11) is -6.76. The summed E-state index contributed by atoms with van der Waals surface area (Å²) in [6.45, 7) is 17.0. The molecule has 0 amide bonds. The number of rotatable bonds is 15. The molecule has 2 heterocycles. The minimum absolute atomic E-state index is 0.0613. The van der Waals surface area contributed by atoms with Crippen LogP contribution in [0.2, 0.25) is 44.8 Å². The Morgan fingerprint density at radius 1 is 0.719 bits per heavy atom. The second-order valence-electron chi connectivity index (χ2n) is 10.3. The second-order valence-corrected chi connectivity index (χ2v) is 22.2. The molecule has 0 aliphatic carbocycles. The molecule has 2 saturated heterocycles. The highest BCUT2D eigenvalue weighted by Crippen LogP contribution is 2.36. The van der Waals surface area contributed by atoms with Crippen molar-refractivity contribution in [2.75, 3.05) is 13.2 Å². The fourth-order valence-corrected chi connectivity index (χ4v) is 18.2. The van der Waals surface area contributed by atoms with E-state index >= 15 is 0 Å². The number of benzene rings is 1. The van der Waals surface area contributed by atoms with Crippen LogP contribution in [-0.4, -0.2) is 63.2 Å². The Bertz CT molecular complexity index is 679. The van der Waals surface area contributed by atoms with E-state index in [4.69, 9.17) is 27.2 Å². The molecule has 0 radical (unpaired) electrons. The smallest absolute Gasteiger partial charge is 0.348 e. The summed E-state index contributed by atoms with van der Waals surface area (Å²) in [5.41, 5.74) is 0. The second kappa shape index (κ2) is 10.9. The molecule has 32 heavy (non-hydrogen) atoms. The molecule has 9 heteroatoms. The van der Waals surface area contributed by atoms with Crippen molar-refractivity contribution in [3.8, 4) is 0 Å². The van der Waals surface area contributed by atoms with Crippen LogP contribution < -0.4 is 5.19 Å². The van der Waals surface area contributed by atoms with Crippen molar-refractivity contribution in [1.82, 2.24) is 0 Å². The normalized spacial score (nSPS) is 27.2. The van der Waals surface area contributed by atoms with E-state index in [2.05, 4.69) is 70.8 Å². The van der Waals surface area contributed by atoms with Gasteiger partial charge in [-0.2, -0.15) is 0 Å². The maximum Gasteiger partial charge on any atom is 0.348 e. The van der Waals surface area contributed by atoms with Crippen LogP contribution >= 0.6 is 0 Å². The molecule has 0 aromatic heterocycles. The highest BCUT2D eigenvalue weighted by molar-refractivity contribution is 6.94. The number of epoxide rings is 2. The van der Waals surface area contributed by atoms with Gasteiger partial charge in [0.2, 0.25) is 0 Å². The third-order valence-electron chi connectivity index (χ3n) is 5.67. The molecule has 3 rings (SSSR count). The van der Waals surface area contributed by atoms with Crippen LogP contribution in [0, 0.1) is 0 Å². The summed E-state index contributed by atoms with van der Waals surface area (Å²) in [6.07, 6.45) is 2.19. The van der Waals surface area contributed by atoms with Gasteiger partial charge in [0.25, 0.3) is 0 Å². The van der Waals surface area contributed by atoms with E-state index in [9.17, 15) is 0 Å². The third kappa shape index (κ3) is 7.85. The molecule has 1 aromatic carbocycles. The highest BCUT2D eigenvalue weighted by Gasteiger charge is 2.52. The Morgan fingerprint density at radius 3 is 1.56 bits per heavy atom. The average molecular weight is 499 g/mol. The molecule has 2 aliphatic rings. The lowest BCUT2D eigenvalue weighted by Crippen LogP contribution is -2.61. The first-order chi connectivity index (χ1) is 15.1. The van der Waals surface area contributed by atoms with Crippen LogP contribution in [0.3, 0.4) is 0 Å². The molecular formula is C23H42O6Si3. The van der Waals surface area contributed by atoms with Crippen LogP contribution in [0.1, 0.15) is 26.7 Å². The van der Waals surface area contributed by atoms with Crippen molar-refractivity contribution in [2.45, 2.75) is 96.3 Å². The highest BCUT2D eigenvalue weighted by atomic mass is 28.5. The fraction of sp³-hybridized carbons (Fsp3) is 0.739. The van der Waals surface area contributed by atoms with Crippen LogP contribution in [-0.2, 0) is 27.2 Å². The molecule has 6 nitrogen and oxygen atoms in total. The Labute approximate surface area is 197 Å². The summed E-state index contributed by atoms with van der Waals surface area (Å²) in [5.74, 6) is 0. The summed E-state index contributed by atoms with van der Waals surface area (Å²) in [6, 6.07) is 12.3. The summed E-state index contributed by atoms with van der Waals surface area (Å²) in [5, 5.41) is 1.19. The van der Waals surface area contributed by atoms with Crippen LogP contribution in [0.15, 0.2) is 30.3 Å². The molecule has 4 atom stereocenters. The van der Waals surface area contributed by atoms with Crippen molar-refractivity contribution in [2.24, 2.45) is 0 Å². The predicted molar refractivity (Wildman–Crippen MR) is 134 cm³/mol. The van der Waals surface area contributed by atoms with Gasteiger partial charge in [0.15, 0.2) is 29.2 Å². The Hall–Kier alpha value is -0.369. The Balaban J connectivity index is 1.65. The van der Waals surface area contributed by atoms with Gasteiger partial charge >= 0.3 is 8.56 Å². The van der Waals surface area contributed by atoms with Gasteiger partial charge in [0, 0.05) is 13.2 Å². The van der Waals surface area contributed by atoms with E-state index in [0.717, 1.165) is 38.1 Å². The first-order valence-corrected chi connectivity index (χ1v) is 20.6. The molecule has 4 unspecified atom stereocenters. The molecule has 1 aromatic rings. The van der Waals surface area contributed by atoms with E-state index in [0.29, 0.717) is 0 Å². The molecule has 182 valence electrons. The van der Waals surface area contributed by atoms with E-state index in [1.165, 1.54) is 5.19 Å². The van der Waals surface area contributed by atoms with Gasteiger partial charge in [-0.1, -0.05) is 44.2 Å². The quantitative estimate of drug-likeness (QED) is 0.258. The van der Waals surface area contributed by atoms with Crippen molar-refractivity contribution >= 4 is 30.4 Å². The maximum absolute atomic E-state index is 7.03. The van der Waals surface area contributed by atoms with E-state index in [-0.39, 0.29) is 24.8 Å². The van der Waals surface area contributed by atoms with Gasteiger partial charge in [-0.15, -0.1) is 0 Å². The molecule has 2 aliphatic heterocycles. The summed E-state index contributed by atoms with van der Waals surface area (Å²) in [4.78, 5) is 0. The van der Waals surface area contributed by atoms with E-state index in [1.54, 1.807) is 0 Å². The molecule has 2 fully saturated rings. The monoisotopic (exact) mass is 498 g/mol. The minimum Gasteiger partial charge on any atom is -0.433 e. The van der Waals surface area contributed by atoms with Gasteiger partial charge in [-0.05, 0) is 62.9 Å². The van der Waals surface area contributed by atoms with Gasteiger partial charge in [-0.25, -0.2) is 0 Å². The predicted octanol–water partition coefficient (Wildman–Crippen LogP) is 4.71. The summed E-state index contributed by atoms with van der Waals surface area (Å²) < 4.78 is 37.1. The molecule has 0 bridgehead atoms. The van der Waals surface area contributed by atoms with Gasteiger partial charge in [0.05, 0.1) is 0 Å².